The number of anilines is 1. The number of aryl methyl sites for hydroxylation is 1. The van der Waals surface area contributed by atoms with Crippen molar-refractivity contribution in [1.29, 1.82) is 0 Å². The van der Waals surface area contributed by atoms with Crippen LogP contribution in [0.4, 0.5) is 23.7 Å². The number of carbonyl (C=O) groups excluding carboxylic acids is 2. The molecule has 1 heterocycles. The van der Waals surface area contributed by atoms with Gasteiger partial charge in [-0.05, 0) is 92.4 Å². The van der Waals surface area contributed by atoms with Crippen LogP contribution in [0.3, 0.4) is 0 Å². The Morgan fingerprint density at radius 1 is 1.08 bits per heavy atom. The van der Waals surface area contributed by atoms with Crippen LogP contribution >= 0.6 is 0 Å². The van der Waals surface area contributed by atoms with Gasteiger partial charge in [-0.3, -0.25) is 4.79 Å². The first-order chi connectivity index (χ1) is 16.8. The molecule has 0 bridgehead atoms. The number of carbonyl (C=O) groups is 2. The van der Waals surface area contributed by atoms with Gasteiger partial charge >= 0.3 is 12.2 Å². The van der Waals surface area contributed by atoms with Gasteiger partial charge in [0, 0.05) is 30.2 Å². The minimum Gasteiger partial charge on any atom is -0.338 e. The van der Waals surface area contributed by atoms with Crippen LogP contribution in [0, 0.1) is 35.5 Å². The van der Waals surface area contributed by atoms with Crippen molar-refractivity contribution in [3.63, 3.8) is 0 Å². The van der Waals surface area contributed by atoms with Gasteiger partial charge in [0.25, 0.3) is 0 Å². The van der Waals surface area contributed by atoms with E-state index in [0.717, 1.165) is 44.6 Å². The van der Waals surface area contributed by atoms with Crippen LogP contribution in [-0.4, -0.2) is 36.0 Å². The maximum Gasteiger partial charge on any atom is 0.416 e. The van der Waals surface area contributed by atoms with Gasteiger partial charge in [0.15, 0.2) is 0 Å². The molecule has 0 saturated heterocycles. The van der Waals surface area contributed by atoms with Crippen LogP contribution in [0.2, 0.25) is 0 Å². The third-order valence-electron chi connectivity index (χ3n) is 10.2. The molecule has 5 nitrogen and oxygen atoms in total. The summed E-state index contributed by atoms with van der Waals surface area (Å²) in [6.07, 6.45) is 5.44. The minimum atomic E-state index is -4.46. The summed E-state index contributed by atoms with van der Waals surface area (Å²) in [6.45, 7) is 6.00. The van der Waals surface area contributed by atoms with Crippen molar-refractivity contribution in [2.45, 2.75) is 77.6 Å². The van der Waals surface area contributed by atoms with Crippen molar-refractivity contribution in [2.24, 2.45) is 28.6 Å². The fourth-order valence-corrected chi connectivity index (χ4v) is 8.31. The standard InChI is InChI=1S/C28H36F3N3O2/c1-16-5-6-17(15-21(16)28(29,30)31)32-25(36)33-22-9-8-19-18-7-10-23-27(3,14-12-24(35)34(23)4)20(18)11-13-26(19,22)2/h5-6,12,14-15,18-20,22-23H,7-11,13H2,1-4H3,(H2,32,33,36)/t18-,19-,20-,22-,23+,26-,27+/m0/s1. The first kappa shape index (κ1) is 25.2. The topological polar surface area (TPSA) is 61.4 Å². The van der Waals surface area contributed by atoms with E-state index in [9.17, 15) is 22.8 Å². The van der Waals surface area contributed by atoms with E-state index in [0.29, 0.717) is 17.8 Å². The molecule has 3 fully saturated rings. The molecule has 196 valence electrons. The number of rotatable bonds is 2. The van der Waals surface area contributed by atoms with E-state index >= 15 is 0 Å². The Morgan fingerprint density at radius 3 is 2.56 bits per heavy atom. The van der Waals surface area contributed by atoms with Gasteiger partial charge in [-0.1, -0.05) is 26.0 Å². The van der Waals surface area contributed by atoms with Crippen molar-refractivity contribution >= 4 is 17.6 Å². The summed E-state index contributed by atoms with van der Waals surface area (Å²) in [7, 11) is 1.92. The van der Waals surface area contributed by atoms with Gasteiger partial charge in [0.1, 0.15) is 0 Å². The second-order valence-electron chi connectivity index (χ2n) is 11.9. The number of nitrogens with one attached hydrogen (secondary N) is 2. The molecule has 0 unspecified atom stereocenters. The quantitative estimate of drug-likeness (QED) is 0.509. The molecule has 3 aliphatic carbocycles. The van der Waals surface area contributed by atoms with Crippen LogP contribution in [0.25, 0.3) is 0 Å². The van der Waals surface area contributed by atoms with Gasteiger partial charge in [0.05, 0.1) is 5.56 Å². The van der Waals surface area contributed by atoms with Crippen LogP contribution in [0.1, 0.15) is 63.5 Å². The number of alkyl halides is 3. The predicted molar refractivity (Wildman–Crippen MR) is 132 cm³/mol. The third kappa shape index (κ3) is 3.91. The molecule has 0 radical (unpaired) electrons. The van der Waals surface area contributed by atoms with E-state index in [4.69, 9.17) is 0 Å². The Bertz CT molecular complexity index is 1100. The molecular formula is C28H36F3N3O2. The molecule has 3 saturated carbocycles. The smallest absolute Gasteiger partial charge is 0.338 e. The van der Waals surface area contributed by atoms with Gasteiger partial charge < -0.3 is 15.5 Å². The summed E-state index contributed by atoms with van der Waals surface area (Å²) in [4.78, 5) is 27.1. The number of fused-ring (bicyclic) bond motifs is 5. The molecule has 0 aromatic heterocycles. The lowest BCUT2D eigenvalue weighted by molar-refractivity contribution is -0.138. The highest BCUT2D eigenvalue weighted by atomic mass is 19.4. The normalized spacial score (nSPS) is 37.7. The Balaban J connectivity index is 1.29. The monoisotopic (exact) mass is 503 g/mol. The van der Waals surface area contributed by atoms with Crippen molar-refractivity contribution in [2.75, 3.05) is 12.4 Å². The predicted octanol–water partition coefficient (Wildman–Crippen LogP) is 6.14. The summed E-state index contributed by atoms with van der Waals surface area (Å²) < 4.78 is 39.9. The van der Waals surface area contributed by atoms with E-state index in [-0.39, 0.29) is 40.1 Å². The molecule has 1 aliphatic heterocycles. The number of halogens is 3. The van der Waals surface area contributed by atoms with Crippen molar-refractivity contribution in [3.8, 4) is 0 Å². The molecule has 1 aromatic carbocycles. The van der Waals surface area contributed by atoms with Gasteiger partial charge in [-0.25, -0.2) is 4.79 Å². The Kier molecular flexibility index (Phi) is 5.95. The summed E-state index contributed by atoms with van der Waals surface area (Å²) in [6, 6.07) is 3.65. The maximum atomic E-state index is 13.3. The number of hydrogen-bond acceptors (Lipinski definition) is 2. The molecular weight excluding hydrogens is 467 g/mol. The van der Waals surface area contributed by atoms with Crippen LogP contribution in [0.15, 0.2) is 30.4 Å². The minimum absolute atomic E-state index is 0.0207. The number of urea groups is 1. The number of likely N-dealkylation sites (N-methyl/N-ethyl adjacent to an activating group) is 1. The lowest BCUT2D eigenvalue weighted by Crippen LogP contribution is -2.60. The first-order valence-electron chi connectivity index (χ1n) is 13.1. The fraction of sp³-hybridized carbons (Fsp3) is 0.643. The lowest BCUT2D eigenvalue weighted by atomic mass is 9.48. The second-order valence-corrected chi connectivity index (χ2v) is 11.9. The Labute approximate surface area is 210 Å². The molecule has 36 heavy (non-hydrogen) atoms. The Hall–Kier alpha value is -2.51. The number of amides is 3. The average molecular weight is 504 g/mol. The highest BCUT2D eigenvalue weighted by molar-refractivity contribution is 5.90. The van der Waals surface area contributed by atoms with Gasteiger partial charge in [-0.2, -0.15) is 13.2 Å². The fourth-order valence-electron chi connectivity index (χ4n) is 8.31. The van der Waals surface area contributed by atoms with E-state index in [1.165, 1.54) is 19.1 Å². The van der Waals surface area contributed by atoms with Crippen LogP contribution in [-0.2, 0) is 11.0 Å². The summed E-state index contributed by atoms with van der Waals surface area (Å²) in [5.74, 6) is 1.61. The first-order valence-corrected chi connectivity index (χ1v) is 13.1. The number of benzene rings is 1. The lowest BCUT2D eigenvalue weighted by Gasteiger charge is -2.60. The molecule has 4 aliphatic rings. The molecule has 3 amide bonds. The Morgan fingerprint density at radius 2 is 1.83 bits per heavy atom. The van der Waals surface area contributed by atoms with Crippen molar-refractivity contribution in [1.82, 2.24) is 10.2 Å². The molecule has 0 spiro atoms. The van der Waals surface area contributed by atoms with Crippen LogP contribution < -0.4 is 10.6 Å². The molecule has 7 atom stereocenters. The maximum absolute atomic E-state index is 13.3. The molecule has 8 heteroatoms. The van der Waals surface area contributed by atoms with E-state index in [1.807, 2.05) is 11.9 Å². The van der Waals surface area contributed by atoms with E-state index < -0.39 is 17.8 Å². The highest BCUT2D eigenvalue weighted by Gasteiger charge is 2.60. The molecule has 5 rings (SSSR count). The highest BCUT2D eigenvalue weighted by Crippen LogP contribution is 2.63. The number of nitrogens with zero attached hydrogens (tertiary/aromatic N) is 1. The zero-order chi connectivity index (χ0) is 26.0. The van der Waals surface area contributed by atoms with E-state index in [1.54, 1.807) is 6.08 Å². The second kappa shape index (κ2) is 8.52. The average Bonchev–Trinajstić information content (AvgIpc) is 3.13. The summed E-state index contributed by atoms with van der Waals surface area (Å²) >= 11 is 0. The summed E-state index contributed by atoms with van der Waals surface area (Å²) in [5, 5.41) is 5.75. The summed E-state index contributed by atoms with van der Waals surface area (Å²) in [5.41, 5.74) is -0.547. The third-order valence-corrected chi connectivity index (χ3v) is 10.2. The van der Waals surface area contributed by atoms with Crippen molar-refractivity contribution < 1.29 is 22.8 Å². The zero-order valence-corrected chi connectivity index (χ0v) is 21.4. The van der Waals surface area contributed by atoms with Gasteiger partial charge in [-0.15, -0.1) is 0 Å². The number of hydrogen-bond donors (Lipinski definition) is 2. The largest absolute Gasteiger partial charge is 0.416 e. The van der Waals surface area contributed by atoms with Crippen LogP contribution in [0.5, 0.6) is 0 Å². The molecule has 2 N–H and O–H groups in total. The SMILES string of the molecule is Cc1ccc(NC(=O)N[C@H]2CC[C@H]3[C@@H]4CC[C@H]5N(C)C(=O)C=C[C@]5(C)[C@H]4CC[C@]23C)cc1C(F)(F)F. The zero-order valence-electron chi connectivity index (χ0n) is 21.4. The van der Waals surface area contributed by atoms with Gasteiger partial charge in [0.2, 0.25) is 5.91 Å². The van der Waals surface area contributed by atoms with Crippen molar-refractivity contribution in [3.05, 3.63) is 41.5 Å². The van der Waals surface area contributed by atoms with E-state index in [2.05, 4.69) is 30.6 Å². The molecule has 1 aromatic rings.